The van der Waals surface area contributed by atoms with Gasteiger partial charge in [-0.15, -0.1) is 0 Å². The number of hydrogen-bond acceptors (Lipinski definition) is 3. The second-order valence-corrected chi connectivity index (χ2v) is 5.43. The van der Waals surface area contributed by atoms with Crippen LogP contribution >= 0.6 is 0 Å². The van der Waals surface area contributed by atoms with Crippen molar-refractivity contribution in [3.63, 3.8) is 0 Å². The minimum absolute atomic E-state index is 0.224. The van der Waals surface area contributed by atoms with Crippen molar-refractivity contribution in [2.24, 2.45) is 0 Å². The molecule has 0 radical (unpaired) electrons. The van der Waals surface area contributed by atoms with Gasteiger partial charge in [0.1, 0.15) is 5.54 Å². The zero-order valence-corrected chi connectivity index (χ0v) is 11.0. The Morgan fingerprint density at radius 1 is 1.35 bits per heavy atom. The number of hydrogen-bond donors (Lipinski definition) is 0. The van der Waals surface area contributed by atoms with Gasteiger partial charge in [-0.1, -0.05) is 19.8 Å². The third kappa shape index (κ3) is 2.81. The maximum atomic E-state index is 9.63. The molecule has 2 fully saturated rings. The van der Waals surface area contributed by atoms with Gasteiger partial charge in [-0.25, -0.2) is 0 Å². The van der Waals surface area contributed by atoms with Crippen LogP contribution in [0.25, 0.3) is 0 Å². The lowest BCUT2D eigenvalue weighted by atomic mass is 9.83. The van der Waals surface area contributed by atoms with Crippen molar-refractivity contribution < 1.29 is 4.74 Å². The van der Waals surface area contributed by atoms with Crippen LogP contribution in [0.4, 0.5) is 0 Å². The van der Waals surface area contributed by atoms with Gasteiger partial charge in [0.25, 0.3) is 0 Å². The van der Waals surface area contributed by atoms with Crippen molar-refractivity contribution >= 4 is 0 Å². The van der Waals surface area contributed by atoms with E-state index in [4.69, 9.17) is 4.74 Å². The highest BCUT2D eigenvalue weighted by atomic mass is 16.5. The fourth-order valence-corrected chi connectivity index (χ4v) is 3.22. The largest absolute Gasteiger partial charge is 0.378 e. The first kappa shape index (κ1) is 12.9. The van der Waals surface area contributed by atoms with Crippen LogP contribution in [-0.2, 0) is 4.74 Å². The molecule has 2 rings (SSSR count). The van der Waals surface area contributed by atoms with Crippen LogP contribution in [0.2, 0.25) is 0 Å². The molecule has 3 heteroatoms. The summed E-state index contributed by atoms with van der Waals surface area (Å²) in [5.74, 6) is 0. The molecule has 2 heterocycles. The van der Waals surface area contributed by atoms with Crippen LogP contribution < -0.4 is 0 Å². The molecule has 0 spiro atoms. The molecule has 0 saturated carbocycles. The molecule has 0 aromatic rings. The smallest absolute Gasteiger partial charge is 0.113 e. The van der Waals surface area contributed by atoms with Crippen molar-refractivity contribution in [3.05, 3.63) is 0 Å². The van der Waals surface area contributed by atoms with Crippen molar-refractivity contribution in [2.45, 2.75) is 63.5 Å². The van der Waals surface area contributed by atoms with Crippen LogP contribution in [0, 0.1) is 11.3 Å². The van der Waals surface area contributed by atoms with Crippen LogP contribution in [-0.4, -0.2) is 36.2 Å². The molecular weight excluding hydrogens is 212 g/mol. The first-order chi connectivity index (χ1) is 8.30. The normalized spacial score (nSPS) is 35.4. The fraction of sp³-hybridized carbons (Fsp3) is 0.929. The molecule has 0 N–H and O–H groups in total. The Morgan fingerprint density at radius 2 is 2.12 bits per heavy atom. The van der Waals surface area contributed by atoms with Gasteiger partial charge in [0.05, 0.1) is 12.2 Å². The molecule has 0 aromatic carbocycles. The Kier molecular flexibility index (Phi) is 4.42. The topological polar surface area (TPSA) is 36.3 Å². The lowest BCUT2D eigenvalue weighted by Gasteiger charge is -2.45. The van der Waals surface area contributed by atoms with E-state index in [1.807, 2.05) is 0 Å². The van der Waals surface area contributed by atoms with Crippen LogP contribution in [0.1, 0.15) is 51.9 Å². The Balaban J connectivity index is 2.04. The molecule has 17 heavy (non-hydrogen) atoms. The summed E-state index contributed by atoms with van der Waals surface area (Å²) in [6.45, 7) is 5.15. The highest BCUT2D eigenvalue weighted by molar-refractivity contribution is 5.11. The zero-order chi connectivity index (χ0) is 12.1. The number of nitrogens with zero attached hydrogens (tertiary/aromatic N) is 2. The summed E-state index contributed by atoms with van der Waals surface area (Å²) in [6.07, 6.45) is 8.18. The second kappa shape index (κ2) is 5.84. The van der Waals surface area contributed by atoms with Crippen LogP contribution in [0.15, 0.2) is 0 Å². The summed E-state index contributed by atoms with van der Waals surface area (Å²) in [4.78, 5) is 2.43. The van der Waals surface area contributed by atoms with Crippen LogP contribution in [0.3, 0.4) is 0 Å². The van der Waals surface area contributed by atoms with Crippen molar-refractivity contribution in [3.8, 4) is 6.07 Å². The highest BCUT2D eigenvalue weighted by Gasteiger charge is 2.42. The number of nitriles is 1. The maximum absolute atomic E-state index is 9.63. The van der Waals surface area contributed by atoms with Gasteiger partial charge in [-0.2, -0.15) is 5.26 Å². The number of likely N-dealkylation sites (tertiary alicyclic amines) is 1. The van der Waals surface area contributed by atoms with Crippen molar-refractivity contribution in [1.82, 2.24) is 4.90 Å². The SMILES string of the molecule is CCCC1CC(C#N)(N2CCCCC2)CCO1. The van der Waals surface area contributed by atoms with Crippen molar-refractivity contribution in [2.75, 3.05) is 19.7 Å². The Hall–Kier alpha value is -0.590. The molecular formula is C14H24N2O. The summed E-state index contributed by atoms with van der Waals surface area (Å²) in [6, 6.07) is 2.62. The van der Waals surface area contributed by atoms with Gasteiger partial charge < -0.3 is 4.74 Å². The molecule has 0 bridgehead atoms. The number of rotatable bonds is 3. The van der Waals surface area contributed by atoms with E-state index < -0.39 is 0 Å². The number of piperidine rings is 1. The first-order valence-corrected chi connectivity index (χ1v) is 7.08. The van der Waals surface area contributed by atoms with E-state index in [1.165, 1.54) is 19.3 Å². The highest BCUT2D eigenvalue weighted by Crippen LogP contribution is 2.34. The third-order valence-corrected chi connectivity index (χ3v) is 4.21. The van der Waals surface area contributed by atoms with E-state index in [1.54, 1.807) is 0 Å². The minimum atomic E-state index is -0.224. The van der Waals surface area contributed by atoms with E-state index in [0.717, 1.165) is 45.4 Å². The van der Waals surface area contributed by atoms with Crippen molar-refractivity contribution in [1.29, 1.82) is 5.26 Å². The average Bonchev–Trinajstić information content (AvgIpc) is 2.40. The Bertz CT molecular complexity index is 278. The third-order valence-electron chi connectivity index (χ3n) is 4.21. The second-order valence-electron chi connectivity index (χ2n) is 5.43. The van der Waals surface area contributed by atoms with E-state index in [-0.39, 0.29) is 5.54 Å². The average molecular weight is 236 g/mol. The summed E-state index contributed by atoms with van der Waals surface area (Å²) >= 11 is 0. The Labute approximate surface area is 105 Å². The van der Waals surface area contributed by atoms with Gasteiger partial charge in [0.15, 0.2) is 0 Å². The van der Waals surface area contributed by atoms with E-state index >= 15 is 0 Å². The molecule has 2 unspecified atom stereocenters. The zero-order valence-electron chi connectivity index (χ0n) is 11.0. The predicted molar refractivity (Wildman–Crippen MR) is 67.7 cm³/mol. The Morgan fingerprint density at radius 3 is 2.76 bits per heavy atom. The van der Waals surface area contributed by atoms with Crippen LogP contribution in [0.5, 0.6) is 0 Å². The molecule has 0 aliphatic carbocycles. The quantitative estimate of drug-likeness (QED) is 0.756. The molecule has 3 nitrogen and oxygen atoms in total. The van der Waals surface area contributed by atoms with Gasteiger partial charge in [-0.05, 0) is 32.4 Å². The van der Waals surface area contributed by atoms with E-state index in [2.05, 4.69) is 17.9 Å². The standard InChI is InChI=1S/C14H24N2O/c1-2-6-13-11-14(12-15,7-10-17-13)16-8-4-3-5-9-16/h13H,2-11H2,1H3. The maximum Gasteiger partial charge on any atom is 0.113 e. The summed E-state index contributed by atoms with van der Waals surface area (Å²) in [5, 5.41) is 9.63. The molecule has 96 valence electrons. The summed E-state index contributed by atoms with van der Waals surface area (Å²) in [7, 11) is 0. The lowest BCUT2D eigenvalue weighted by molar-refractivity contribution is -0.0596. The molecule has 0 aromatic heterocycles. The van der Waals surface area contributed by atoms with Gasteiger partial charge in [0.2, 0.25) is 0 Å². The fourth-order valence-electron chi connectivity index (χ4n) is 3.22. The first-order valence-electron chi connectivity index (χ1n) is 7.08. The van der Waals surface area contributed by atoms with E-state index in [9.17, 15) is 5.26 Å². The number of ether oxygens (including phenoxy) is 1. The van der Waals surface area contributed by atoms with E-state index in [0.29, 0.717) is 6.10 Å². The van der Waals surface area contributed by atoms with Gasteiger partial charge >= 0.3 is 0 Å². The molecule has 2 aliphatic rings. The summed E-state index contributed by atoms with van der Waals surface area (Å²) < 4.78 is 5.79. The monoisotopic (exact) mass is 236 g/mol. The molecule has 2 aliphatic heterocycles. The lowest BCUT2D eigenvalue weighted by Crippen LogP contribution is -2.54. The minimum Gasteiger partial charge on any atom is -0.378 e. The molecule has 2 saturated heterocycles. The van der Waals surface area contributed by atoms with Gasteiger partial charge in [-0.3, -0.25) is 4.90 Å². The van der Waals surface area contributed by atoms with Gasteiger partial charge in [0, 0.05) is 19.4 Å². The summed E-state index contributed by atoms with van der Waals surface area (Å²) in [5.41, 5.74) is -0.224. The predicted octanol–water partition coefficient (Wildman–Crippen LogP) is 2.71. The molecule has 0 amide bonds. The molecule has 2 atom stereocenters.